The second kappa shape index (κ2) is 6.25. The number of aryl methyl sites for hydroxylation is 1. The molecular weight excluding hydrogens is 260 g/mol. The summed E-state index contributed by atoms with van der Waals surface area (Å²) in [6, 6.07) is 0.356. The second-order valence-corrected chi connectivity index (χ2v) is 6.04. The molecule has 0 saturated carbocycles. The van der Waals surface area contributed by atoms with Crippen molar-refractivity contribution in [3.63, 3.8) is 0 Å². The minimum absolute atomic E-state index is 0.356. The normalized spacial score (nSPS) is 13.1. The molecule has 1 atom stereocenters. The fourth-order valence-corrected chi connectivity index (χ4v) is 2.57. The Labute approximate surface area is 117 Å². The van der Waals surface area contributed by atoms with Gasteiger partial charge in [0.15, 0.2) is 5.82 Å². The lowest BCUT2D eigenvalue weighted by Crippen LogP contribution is -2.32. The Morgan fingerprint density at radius 1 is 1.37 bits per heavy atom. The Bertz CT molecular complexity index is 520. The third kappa shape index (κ3) is 3.84. The third-order valence-corrected chi connectivity index (χ3v) is 3.91. The molecule has 0 aliphatic carbocycles. The van der Waals surface area contributed by atoms with Crippen LogP contribution in [0.3, 0.4) is 0 Å². The molecule has 2 heterocycles. The number of likely N-dealkylation sites (N-methyl/N-ethyl adjacent to an activating group) is 1. The molecule has 0 saturated heterocycles. The molecular formula is C13H20N4OS. The molecule has 0 bridgehead atoms. The first-order valence-electron chi connectivity index (χ1n) is 6.48. The van der Waals surface area contributed by atoms with E-state index in [0.29, 0.717) is 30.1 Å². The Kier molecular flexibility index (Phi) is 4.66. The lowest BCUT2D eigenvalue weighted by molar-refractivity contribution is 0.333. The molecule has 0 fully saturated rings. The predicted molar refractivity (Wildman–Crippen MR) is 75.3 cm³/mol. The van der Waals surface area contributed by atoms with Gasteiger partial charge in [0.1, 0.15) is 0 Å². The molecule has 6 heteroatoms. The van der Waals surface area contributed by atoms with Gasteiger partial charge in [-0.1, -0.05) is 19.0 Å². The van der Waals surface area contributed by atoms with E-state index in [4.69, 9.17) is 4.52 Å². The van der Waals surface area contributed by atoms with E-state index in [9.17, 15) is 0 Å². The molecule has 1 N–H and O–H groups in total. The highest BCUT2D eigenvalue weighted by Gasteiger charge is 2.16. The third-order valence-electron chi connectivity index (χ3n) is 3.09. The highest BCUT2D eigenvalue weighted by Crippen LogP contribution is 2.13. The van der Waals surface area contributed by atoms with Crippen LogP contribution >= 0.6 is 11.3 Å². The van der Waals surface area contributed by atoms with Crippen LogP contribution in [0.25, 0.3) is 0 Å². The van der Waals surface area contributed by atoms with Crippen molar-refractivity contribution in [1.29, 1.82) is 0 Å². The number of aromatic nitrogens is 3. The van der Waals surface area contributed by atoms with E-state index in [1.54, 1.807) is 11.3 Å². The SMILES string of the molecule is CNC(Cc1nc(Cc2csc(C)n2)no1)C(C)C. The number of nitrogens with one attached hydrogen (secondary N) is 1. The van der Waals surface area contributed by atoms with E-state index in [1.807, 2.05) is 19.4 Å². The monoisotopic (exact) mass is 280 g/mol. The number of thiazole rings is 1. The molecule has 1 unspecified atom stereocenters. The van der Waals surface area contributed by atoms with Crippen LogP contribution in [0.1, 0.15) is 36.3 Å². The molecule has 0 aromatic carbocycles. The van der Waals surface area contributed by atoms with Crippen LogP contribution in [0.4, 0.5) is 0 Å². The van der Waals surface area contributed by atoms with Gasteiger partial charge in [0, 0.05) is 17.8 Å². The number of hydrogen-bond donors (Lipinski definition) is 1. The van der Waals surface area contributed by atoms with Gasteiger partial charge in [0.05, 0.1) is 17.1 Å². The van der Waals surface area contributed by atoms with Gasteiger partial charge in [-0.3, -0.25) is 0 Å². The first kappa shape index (κ1) is 14.1. The molecule has 0 amide bonds. The minimum Gasteiger partial charge on any atom is -0.339 e. The van der Waals surface area contributed by atoms with E-state index in [0.717, 1.165) is 17.1 Å². The number of hydrogen-bond acceptors (Lipinski definition) is 6. The quantitative estimate of drug-likeness (QED) is 0.879. The second-order valence-electron chi connectivity index (χ2n) is 4.98. The van der Waals surface area contributed by atoms with Gasteiger partial charge in [-0.15, -0.1) is 11.3 Å². The lowest BCUT2D eigenvalue weighted by atomic mass is 10.0. The fraction of sp³-hybridized carbons (Fsp3) is 0.615. The molecule has 2 aromatic rings. The Morgan fingerprint density at radius 3 is 2.74 bits per heavy atom. The maximum absolute atomic E-state index is 5.30. The zero-order valence-electron chi connectivity index (χ0n) is 11.8. The van der Waals surface area contributed by atoms with Crippen LogP contribution in [0.2, 0.25) is 0 Å². The number of nitrogens with zero attached hydrogens (tertiary/aromatic N) is 3. The molecule has 5 nitrogen and oxygen atoms in total. The average molecular weight is 280 g/mol. The van der Waals surface area contributed by atoms with Crippen molar-refractivity contribution in [3.8, 4) is 0 Å². The first-order valence-corrected chi connectivity index (χ1v) is 7.36. The highest BCUT2D eigenvalue weighted by molar-refractivity contribution is 7.09. The standard InChI is InChI=1S/C13H20N4OS/c1-8(2)11(14-4)6-13-16-12(17-18-13)5-10-7-19-9(3)15-10/h7-8,11,14H,5-6H2,1-4H3. The minimum atomic E-state index is 0.356. The molecule has 0 aliphatic heterocycles. The Hall–Kier alpha value is -1.27. The van der Waals surface area contributed by atoms with E-state index >= 15 is 0 Å². The summed E-state index contributed by atoms with van der Waals surface area (Å²) in [5.74, 6) is 1.93. The maximum atomic E-state index is 5.30. The van der Waals surface area contributed by atoms with Gasteiger partial charge in [0.2, 0.25) is 5.89 Å². The van der Waals surface area contributed by atoms with Crippen molar-refractivity contribution in [1.82, 2.24) is 20.4 Å². The summed E-state index contributed by atoms with van der Waals surface area (Å²) in [5, 5.41) is 10.4. The van der Waals surface area contributed by atoms with E-state index in [2.05, 4.69) is 34.3 Å². The van der Waals surface area contributed by atoms with E-state index < -0.39 is 0 Å². The summed E-state index contributed by atoms with van der Waals surface area (Å²) in [6.07, 6.45) is 1.40. The van der Waals surface area contributed by atoms with Gasteiger partial charge < -0.3 is 9.84 Å². The molecule has 0 aliphatic rings. The van der Waals surface area contributed by atoms with E-state index in [-0.39, 0.29) is 0 Å². The van der Waals surface area contributed by atoms with Crippen LogP contribution in [-0.4, -0.2) is 28.2 Å². The van der Waals surface area contributed by atoms with Crippen molar-refractivity contribution in [2.75, 3.05) is 7.05 Å². The zero-order chi connectivity index (χ0) is 13.8. The van der Waals surface area contributed by atoms with Crippen LogP contribution in [0, 0.1) is 12.8 Å². The maximum Gasteiger partial charge on any atom is 0.228 e. The van der Waals surface area contributed by atoms with Crippen LogP contribution in [0.5, 0.6) is 0 Å². The summed E-state index contributed by atoms with van der Waals surface area (Å²) in [4.78, 5) is 8.84. The summed E-state index contributed by atoms with van der Waals surface area (Å²) in [7, 11) is 1.96. The molecule has 0 spiro atoms. The molecule has 104 valence electrons. The first-order chi connectivity index (χ1) is 9.08. The van der Waals surface area contributed by atoms with Crippen molar-refractivity contribution in [3.05, 3.63) is 27.8 Å². The highest BCUT2D eigenvalue weighted by atomic mass is 32.1. The summed E-state index contributed by atoms with van der Waals surface area (Å²) < 4.78 is 5.30. The van der Waals surface area contributed by atoms with Gasteiger partial charge in [0.25, 0.3) is 0 Å². The van der Waals surface area contributed by atoms with Crippen molar-refractivity contribution in [2.45, 2.75) is 39.7 Å². The Morgan fingerprint density at radius 2 is 2.16 bits per heavy atom. The van der Waals surface area contributed by atoms with Crippen LogP contribution in [-0.2, 0) is 12.8 Å². The smallest absolute Gasteiger partial charge is 0.228 e. The average Bonchev–Trinajstić information content (AvgIpc) is 2.96. The van der Waals surface area contributed by atoms with Crippen molar-refractivity contribution < 1.29 is 4.52 Å². The van der Waals surface area contributed by atoms with Gasteiger partial charge in [-0.05, 0) is 19.9 Å². The van der Waals surface area contributed by atoms with Gasteiger partial charge >= 0.3 is 0 Å². The molecule has 0 radical (unpaired) electrons. The summed E-state index contributed by atoms with van der Waals surface area (Å²) >= 11 is 1.64. The lowest BCUT2D eigenvalue weighted by Gasteiger charge is -2.17. The van der Waals surface area contributed by atoms with Crippen LogP contribution < -0.4 is 5.32 Å². The van der Waals surface area contributed by atoms with Crippen molar-refractivity contribution in [2.24, 2.45) is 5.92 Å². The molecule has 2 rings (SSSR count). The predicted octanol–water partition coefficient (Wildman–Crippen LogP) is 2.21. The van der Waals surface area contributed by atoms with Crippen molar-refractivity contribution >= 4 is 11.3 Å². The van der Waals surface area contributed by atoms with Gasteiger partial charge in [-0.25, -0.2) is 4.98 Å². The fourth-order valence-electron chi connectivity index (χ4n) is 1.96. The largest absolute Gasteiger partial charge is 0.339 e. The topological polar surface area (TPSA) is 63.8 Å². The molecule has 19 heavy (non-hydrogen) atoms. The van der Waals surface area contributed by atoms with E-state index in [1.165, 1.54) is 0 Å². The Balaban J connectivity index is 1.98. The molecule has 2 aromatic heterocycles. The number of rotatable bonds is 6. The zero-order valence-corrected chi connectivity index (χ0v) is 12.6. The van der Waals surface area contributed by atoms with Gasteiger partial charge in [-0.2, -0.15) is 4.98 Å². The summed E-state index contributed by atoms with van der Waals surface area (Å²) in [6.45, 7) is 6.35. The van der Waals surface area contributed by atoms with Crippen LogP contribution in [0.15, 0.2) is 9.90 Å². The summed E-state index contributed by atoms with van der Waals surface area (Å²) in [5.41, 5.74) is 1.00.